The summed E-state index contributed by atoms with van der Waals surface area (Å²) in [5, 5.41) is 5.85. The maximum absolute atomic E-state index is 13.2. The molecule has 1 saturated heterocycles. The highest BCUT2D eigenvalue weighted by molar-refractivity contribution is 7.89. The Hall–Kier alpha value is -2.42. The predicted octanol–water partition coefficient (Wildman–Crippen LogP) is 2.32. The molecule has 1 aliphatic rings. The van der Waals surface area contributed by atoms with Gasteiger partial charge in [0.15, 0.2) is 0 Å². The zero-order valence-corrected chi connectivity index (χ0v) is 18.0. The molecule has 1 atom stereocenters. The molecular formula is C21H24ClN3O4S. The van der Waals surface area contributed by atoms with E-state index in [0.717, 1.165) is 22.7 Å². The summed E-state index contributed by atoms with van der Waals surface area (Å²) in [6.45, 7) is 0.204. The molecule has 1 heterocycles. The molecular weight excluding hydrogens is 426 g/mol. The smallest absolute Gasteiger partial charge is 0.243 e. The van der Waals surface area contributed by atoms with E-state index in [9.17, 15) is 18.0 Å². The molecule has 0 radical (unpaired) electrons. The van der Waals surface area contributed by atoms with E-state index in [1.54, 1.807) is 24.3 Å². The molecule has 30 heavy (non-hydrogen) atoms. The van der Waals surface area contributed by atoms with Gasteiger partial charge in [0.25, 0.3) is 0 Å². The molecule has 3 rings (SSSR count). The number of sulfonamides is 1. The van der Waals surface area contributed by atoms with Crippen LogP contribution in [0.1, 0.15) is 24.8 Å². The molecule has 9 heteroatoms. The molecule has 0 spiro atoms. The largest absolute Gasteiger partial charge is 0.354 e. The number of nitrogens with one attached hydrogen (secondary N) is 2. The monoisotopic (exact) mass is 449 g/mol. The van der Waals surface area contributed by atoms with Gasteiger partial charge in [0.05, 0.1) is 11.4 Å². The van der Waals surface area contributed by atoms with Crippen molar-refractivity contribution in [2.24, 2.45) is 0 Å². The lowest BCUT2D eigenvalue weighted by Gasteiger charge is -2.23. The standard InChI is InChI=1S/C21H24ClN3O4S/c22-17-9-11-18(12-10-17)30(28,29)25(14-16-6-2-1-3-7-16)15-20(26)24-19-8-4-5-13-23-21(19)27/h1-3,6-7,9-12,19H,4-5,8,13-15H2,(H,23,27)(H,24,26)/t19-/m0/s1. The van der Waals surface area contributed by atoms with Gasteiger partial charge in [-0.05, 0) is 49.1 Å². The van der Waals surface area contributed by atoms with Gasteiger partial charge in [0.2, 0.25) is 21.8 Å². The molecule has 2 N–H and O–H groups in total. The van der Waals surface area contributed by atoms with Crippen molar-refractivity contribution in [1.82, 2.24) is 14.9 Å². The lowest BCUT2D eigenvalue weighted by atomic mass is 10.1. The number of hydrogen-bond donors (Lipinski definition) is 2. The first kappa shape index (κ1) is 22.3. The van der Waals surface area contributed by atoms with Crippen molar-refractivity contribution >= 4 is 33.4 Å². The summed E-state index contributed by atoms with van der Waals surface area (Å²) in [7, 11) is -3.96. The number of halogens is 1. The molecule has 0 aromatic heterocycles. The third kappa shape index (κ3) is 5.81. The number of amides is 2. The third-order valence-corrected chi connectivity index (χ3v) is 6.90. The van der Waals surface area contributed by atoms with Crippen molar-refractivity contribution in [2.45, 2.75) is 36.7 Å². The van der Waals surface area contributed by atoms with Gasteiger partial charge in [-0.15, -0.1) is 0 Å². The Morgan fingerprint density at radius 1 is 1.10 bits per heavy atom. The Morgan fingerprint density at radius 3 is 2.50 bits per heavy atom. The van der Waals surface area contributed by atoms with Crippen molar-refractivity contribution in [1.29, 1.82) is 0 Å². The van der Waals surface area contributed by atoms with Crippen LogP contribution in [0.25, 0.3) is 0 Å². The first-order valence-electron chi connectivity index (χ1n) is 9.73. The summed E-state index contributed by atoms with van der Waals surface area (Å²) in [5.41, 5.74) is 0.745. The number of carbonyl (C=O) groups is 2. The Balaban J connectivity index is 1.81. The number of carbonyl (C=O) groups excluding carboxylic acids is 2. The minimum Gasteiger partial charge on any atom is -0.354 e. The van der Waals surface area contributed by atoms with E-state index < -0.39 is 28.5 Å². The summed E-state index contributed by atoms with van der Waals surface area (Å²) < 4.78 is 27.5. The Morgan fingerprint density at radius 2 is 1.80 bits per heavy atom. The number of hydrogen-bond acceptors (Lipinski definition) is 4. The van der Waals surface area contributed by atoms with Gasteiger partial charge in [-0.3, -0.25) is 9.59 Å². The SMILES string of the molecule is O=C(CN(Cc1ccccc1)S(=O)(=O)c1ccc(Cl)cc1)N[C@H]1CCCCNC1=O. The minimum atomic E-state index is -3.96. The summed E-state index contributed by atoms with van der Waals surface area (Å²) >= 11 is 5.88. The van der Waals surface area contributed by atoms with Crippen LogP contribution in [0.3, 0.4) is 0 Å². The van der Waals surface area contributed by atoms with Gasteiger partial charge in [-0.2, -0.15) is 4.31 Å². The molecule has 160 valence electrons. The molecule has 1 aliphatic heterocycles. The predicted molar refractivity (Wildman–Crippen MR) is 114 cm³/mol. The zero-order chi connectivity index (χ0) is 21.6. The average Bonchev–Trinajstić information content (AvgIpc) is 2.93. The second-order valence-corrected chi connectivity index (χ2v) is 9.49. The first-order valence-corrected chi connectivity index (χ1v) is 11.5. The van der Waals surface area contributed by atoms with Gasteiger partial charge in [-0.1, -0.05) is 41.9 Å². The fourth-order valence-corrected chi connectivity index (χ4v) is 4.76. The molecule has 2 aromatic carbocycles. The summed E-state index contributed by atoms with van der Waals surface area (Å²) in [4.78, 5) is 24.8. The molecule has 0 saturated carbocycles. The van der Waals surface area contributed by atoms with E-state index in [1.165, 1.54) is 24.3 Å². The molecule has 0 bridgehead atoms. The van der Waals surface area contributed by atoms with E-state index in [-0.39, 0.29) is 17.3 Å². The lowest BCUT2D eigenvalue weighted by molar-refractivity contribution is -0.128. The van der Waals surface area contributed by atoms with Crippen LogP contribution in [0.5, 0.6) is 0 Å². The van der Waals surface area contributed by atoms with Gasteiger partial charge >= 0.3 is 0 Å². The maximum Gasteiger partial charge on any atom is 0.243 e. The van der Waals surface area contributed by atoms with Crippen LogP contribution in [0, 0.1) is 0 Å². The molecule has 0 aliphatic carbocycles. The molecule has 1 fully saturated rings. The average molecular weight is 450 g/mol. The van der Waals surface area contributed by atoms with Gasteiger partial charge in [-0.25, -0.2) is 8.42 Å². The fourth-order valence-electron chi connectivity index (χ4n) is 3.25. The molecule has 2 amide bonds. The second-order valence-electron chi connectivity index (χ2n) is 7.12. The van der Waals surface area contributed by atoms with Crippen LogP contribution < -0.4 is 10.6 Å². The van der Waals surface area contributed by atoms with Crippen molar-refractivity contribution in [3.05, 3.63) is 65.2 Å². The van der Waals surface area contributed by atoms with Crippen LogP contribution in [0.4, 0.5) is 0 Å². The fraction of sp³-hybridized carbons (Fsp3) is 0.333. The van der Waals surface area contributed by atoms with E-state index in [0.29, 0.717) is 18.0 Å². The molecule has 0 unspecified atom stereocenters. The van der Waals surface area contributed by atoms with Crippen molar-refractivity contribution in [2.75, 3.05) is 13.1 Å². The van der Waals surface area contributed by atoms with E-state index in [4.69, 9.17) is 11.6 Å². The summed E-state index contributed by atoms with van der Waals surface area (Å²) in [5.74, 6) is -0.762. The number of benzene rings is 2. The van der Waals surface area contributed by atoms with Gasteiger partial charge < -0.3 is 10.6 Å². The zero-order valence-electron chi connectivity index (χ0n) is 16.4. The van der Waals surface area contributed by atoms with Crippen LogP contribution in [0.15, 0.2) is 59.5 Å². The van der Waals surface area contributed by atoms with Crippen LogP contribution >= 0.6 is 11.6 Å². The Labute approximate surface area is 181 Å². The maximum atomic E-state index is 13.2. The number of rotatable bonds is 7. The summed E-state index contributed by atoms with van der Waals surface area (Å²) in [6, 6.07) is 14.2. The van der Waals surface area contributed by atoms with Crippen LogP contribution in [0.2, 0.25) is 5.02 Å². The van der Waals surface area contributed by atoms with Gasteiger partial charge in [0.1, 0.15) is 6.04 Å². The lowest BCUT2D eigenvalue weighted by Crippen LogP contribution is -2.49. The van der Waals surface area contributed by atoms with E-state index in [2.05, 4.69) is 10.6 Å². The highest BCUT2D eigenvalue weighted by Gasteiger charge is 2.29. The normalized spacial score (nSPS) is 17.3. The van der Waals surface area contributed by atoms with Crippen molar-refractivity contribution in [3.8, 4) is 0 Å². The van der Waals surface area contributed by atoms with E-state index in [1.807, 2.05) is 6.07 Å². The topological polar surface area (TPSA) is 95.6 Å². The van der Waals surface area contributed by atoms with Crippen molar-refractivity contribution in [3.63, 3.8) is 0 Å². The summed E-state index contributed by atoms with van der Waals surface area (Å²) in [6.07, 6.45) is 2.18. The Bertz CT molecular complexity index is 981. The minimum absolute atomic E-state index is 0.0239. The highest BCUT2D eigenvalue weighted by Crippen LogP contribution is 2.20. The highest BCUT2D eigenvalue weighted by atomic mass is 35.5. The quantitative estimate of drug-likeness (QED) is 0.678. The van der Waals surface area contributed by atoms with E-state index >= 15 is 0 Å². The molecule has 7 nitrogen and oxygen atoms in total. The Kier molecular flexibility index (Phi) is 7.47. The van der Waals surface area contributed by atoms with Crippen LogP contribution in [-0.4, -0.2) is 43.7 Å². The molecule has 2 aromatic rings. The number of nitrogens with zero attached hydrogens (tertiary/aromatic N) is 1. The second kappa shape index (κ2) is 10.1. The first-order chi connectivity index (χ1) is 14.4. The van der Waals surface area contributed by atoms with Crippen molar-refractivity contribution < 1.29 is 18.0 Å². The van der Waals surface area contributed by atoms with Crippen LogP contribution in [-0.2, 0) is 26.2 Å². The van der Waals surface area contributed by atoms with Gasteiger partial charge in [0, 0.05) is 18.1 Å². The third-order valence-electron chi connectivity index (χ3n) is 4.84.